The van der Waals surface area contributed by atoms with Crippen molar-refractivity contribution in [3.63, 3.8) is 0 Å². The van der Waals surface area contributed by atoms with Gasteiger partial charge in [-0.15, -0.1) is 0 Å². The number of piperidine rings is 1. The molecule has 0 bridgehead atoms. The number of carbonyl (C=O) groups is 2. The number of carbonyl (C=O) groups excluding carboxylic acids is 2. The van der Waals surface area contributed by atoms with Crippen molar-refractivity contribution in [3.8, 4) is 22.7 Å². The maximum atomic E-state index is 13.5. The molecule has 3 N–H and O–H groups in total. The van der Waals surface area contributed by atoms with Crippen molar-refractivity contribution in [2.24, 2.45) is 5.73 Å². The van der Waals surface area contributed by atoms with Crippen LogP contribution in [0.4, 0.5) is 0 Å². The van der Waals surface area contributed by atoms with Crippen LogP contribution < -0.4 is 15.9 Å². The Balaban J connectivity index is 1.66. The number of amides is 2. The van der Waals surface area contributed by atoms with Crippen molar-refractivity contribution < 1.29 is 19.1 Å². The maximum absolute atomic E-state index is 13.5. The van der Waals surface area contributed by atoms with Crippen LogP contribution in [0.5, 0.6) is 5.75 Å². The molecule has 0 radical (unpaired) electrons. The molecule has 1 aliphatic heterocycles. The van der Waals surface area contributed by atoms with Crippen molar-refractivity contribution >= 4 is 35.0 Å². The van der Waals surface area contributed by atoms with Crippen LogP contribution in [0.25, 0.3) is 16.9 Å². The van der Waals surface area contributed by atoms with Gasteiger partial charge in [-0.25, -0.2) is 9.69 Å². The number of halogens is 2. The normalized spacial score (nSPS) is 15.9. The standard InChI is InChI=1S/C27H29Cl2N5O4/c1-17-25(27(36)32-33-13-4-3-5-20(33)16-38-14-12-24(30)35)31-34(23-11-8-19(28)15-22(23)29)26(17)18-6-9-21(37-2)10-7-18/h6-12,14-15,20H,3-5,13,16H2,1-2H3,(H2,30,35)(H,32,36)/b14-12-. The first-order valence-electron chi connectivity index (χ1n) is 12.1. The number of hydrazine groups is 1. The third-order valence-electron chi connectivity index (χ3n) is 6.33. The summed E-state index contributed by atoms with van der Waals surface area (Å²) in [6, 6.07) is 12.6. The third-order valence-corrected chi connectivity index (χ3v) is 6.87. The van der Waals surface area contributed by atoms with Crippen molar-refractivity contribution in [2.45, 2.75) is 32.2 Å². The summed E-state index contributed by atoms with van der Waals surface area (Å²) in [4.78, 5) is 24.5. The van der Waals surface area contributed by atoms with E-state index < -0.39 is 5.91 Å². The molecule has 1 aromatic heterocycles. The van der Waals surface area contributed by atoms with Gasteiger partial charge in [0.2, 0.25) is 5.91 Å². The number of rotatable bonds is 9. The summed E-state index contributed by atoms with van der Waals surface area (Å²) in [6.07, 6.45) is 5.20. The Bertz CT molecular complexity index is 1340. The van der Waals surface area contributed by atoms with Gasteiger partial charge in [0.25, 0.3) is 5.91 Å². The number of hydrogen-bond acceptors (Lipinski definition) is 6. The van der Waals surface area contributed by atoms with Crippen LogP contribution in [0.1, 0.15) is 35.3 Å². The first-order chi connectivity index (χ1) is 18.3. The lowest BCUT2D eigenvalue weighted by Gasteiger charge is -2.34. The molecule has 1 aliphatic rings. The fraction of sp³-hybridized carbons (Fsp3) is 0.296. The molecular formula is C27H29Cl2N5O4. The van der Waals surface area contributed by atoms with E-state index in [2.05, 4.69) is 5.43 Å². The molecule has 0 saturated carbocycles. The Morgan fingerprint density at radius 1 is 1.18 bits per heavy atom. The number of aromatic nitrogens is 2. The Kier molecular flexibility index (Phi) is 8.93. The van der Waals surface area contributed by atoms with E-state index in [1.807, 2.05) is 36.2 Å². The SMILES string of the molecule is COc1ccc(-c2c(C)c(C(=O)NN3CCCCC3CO/C=C\C(N)=O)nn2-c2ccc(Cl)cc2Cl)cc1. The number of nitrogens with two attached hydrogens (primary N) is 1. The summed E-state index contributed by atoms with van der Waals surface area (Å²) in [5, 5.41) is 7.46. The quantitative estimate of drug-likeness (QED) is 0.292. The Morgan fingerprint density at radius 2 is 1.95 bits per heavy atom. The summed E-state index contributed by atoms with van der Waals surface area (Å²) < 4.78 is 12.4. The highest BCUT2D eigenvalue weighted by Crippen LogP contribution is 2.33. The number of methoxy groups -OCH3 is 1. The molecule has 200 valence electrons. The van der Waals surface area contributed by atoms with Crippen LogP contribution in [0, 0.1) is 6.92 Å². The van der Waals surface area contributed by atoms with Crippen LogP contribution in [0.2, 0.25) is 10.0 Å². The van der Waals surface area contributed by atoms with Gasteiger partial charge in [0, 0.05) is 28.8 Å². The van der Waals surface area contributed by atoms with E-state index in [0.29, 0.717) is 40.2 Å². The molecule has 2 heterocycles. The molecular weight excluding hydrogens is 529 g/mol. The lowest BCUT2D eigenvalue weighted by Crippen LogP contribution is -2.52. The van der Waals surface area contributed by atoms with Crippen LogP contribution in [-0.2, 0) is 9.53 Å². The summed E-state index contributed by atoms with van der Waals surface area (Å²) in [7, 11) is 1.60. The van der Waals surface area contributed by atoms with E-state index in [9.17, 15) is 9.59 Å². The monoisotopic (exact) mass is 557 g/mol. The van der Waals surface area contributed by atoms with Crippen molar-refractivity contribution in [3.05, 3.63) is 76.1 Å². The molecule has 3 aromatic rings. The molecule has 1 saturated heterocycles. The number of primary amides is 1. The zero-order valence-corrected chi connectivity index (χ0v) is 22.6. The maximum Gasteiger partial charge on any atom is 0.286 e. The predicted molar refractivity (Wildman–Crippen MR) is 146 cm³/mol. The van der Waals surface area contributed by atoms with Crippen molar-refractivity contribution in [1.29, 1.82) is 0 Å². The number of benzene rings is 2. The van der Waals surface area contributed by atoms with Gasteiger partial charge in [-0.2, -0.15) is 5.10 Å². The average molecular weight is 558 g/mol. The van der Waals surface area contributed by atoms with Crippen LogP contribution in [0.3, 0.4) is 0 Å². The zero-order valence-electron chi connectivity index (χ0n) is 21.1. The molecule has 1 unspecified atom stereocenters. The lowest BCUT2D eigenvalue weighted by atomic mass is 10.0. The molecule has 1 fully saturated rings. The number of ether oxygens (including phenoxy) is 2. The predicted octanol–water partition coefficient (Wildman–Crippen LogP) is 4.68. The first kappa shape index (κ1) is 27.5. The van der Waals surface area contributed by atoms with E-state index in [0.717, 1.165) is 36.6 Å². The fourth-order valence-corrected chi connectivity index (χ4v) is 4.90. The van der Waals surface area contributed by atoms with Crippen LogP contribution in [0.15, 0.2) is 54.8 Å². The average Bonchev–Trinajstić information content (AvgIpc) is 3.24. The van der Waals surface area contributed by atoms with Gasteiger partial charge in [-0.05, 0) is 62.2 Å². The lowest BCUT2D eigenvalue weighted by molar-refractivity contribution is -0.113. The number of nitrogens with zero attached hydrogens (tertiary/aromatic N) is 3. The van der Waals surface area contributed by atoms with Crippen LogP contribution in [-0.4, -0.2) is 52.9 Å². The van der Waals surface area contributed by atoms with Gasteiger partial charge >= 0.3 is 0 Å². The van der Waals surface area contributed by atoms with Gasteiger partial charge in [0.05, 0.1) is 35.8 Å². The second kappa shape index (κ2) is 12.3. The van der Waals surface area contributed by atoms with E-state index in [1.165, 1.54) is 6.26 Å². The largest absolute Gasteiger partial charge is 0.499 e. The van der Waals surface area contributed by atoms with E-state index in [4.69, 9.17) is 43.5 Å². The van der Waals surface area contributed by atoms with Gasteiger partial charge < -0.3 is 15.2 Å². The Hall–Kier alpha value is -3.53. The molecule has 2 aromatic carbocycles. The van der Waals surface area contributed by atoms with Gasteiger partial charge in [-0.1, -0.05) is 29.6 Å². The highest BCUT2D eigenvalue weighted by Gasteiger charge is 2.28. The minimum Gasteiger partial charge on any atom is -0.499 e. The minimum absolute atomic E-state index is 0.0700. The number of nitrogens with one attached hydrogen (secondary N) is 1. The molecule has 4 rings (SSSR count). The molecule has 2 amide bonds. The smallest absolute Gasteiger partial charge is 0.286 e. The molecule has 11 heteroatoms. The van der Waals surface area contributed by atoms with Gasteiger partial charge in [0.1, 0.15) is 12.4 Å². The first-order valence-corrected chi connectivity index (χ1v) is 12.9. The van der Waals surface area contributed by atoms with E-state index in [-0.39, 0.29) is 17.6 Å². The minimum atomic E-state index is -0.585. The summed E-state index contributed by atoms with van der Waals surface area (Å²) in [6.45, 7) is 2.82. The second-order valence-corrected chi connectivity index (χ2v) is 9.72. The topological polar surface area (TPSA) is 112 Å². The third kappa shape index (κ3) is 6.30. The highest BCUT2D eigenvalue weighted by molar-refractivity contribution is 6.35. The second-order valence-electron chi connectivity index (χ2n) is 8.88. The van der Waals surface area contributed by atoms with Crippen molar-refractivity contribution in [2.75, 3.05) is 20.3 Å². The molecule has 1 atom stereocenters. The zero-order chi connectivity index (χ0) is 27.2. The van der Waals surface area contributed by atoms with Gasteiger partial charge in [0.15, 0.2) is 5.69 Å². The highest BCUT2D eigenvalue weighted by atomic mass is 35.5. The fourth-order valence-electron chi connectivity index (χ4n) is 4.41. The molecule has 0 aliphatic carbocycles. The molecule has 38 heavy (non-hydrogen) atoms. The van der Waals surface area contributed by atoms with Gasteiger partial charge in [-0.3, -0.25) is 15.0 Å². The molecule has 0 spiro atoms. The molecule has 9 nitrogen and oxygen atoms in total. The summed E-state index contributed by atoms with van der Waals surface area (Å²) >= 11 is 12.7. The van der Waals surface area contributed by atoms with Crippen molar-refractivity contribution in [1.82, 2.24) is 20.2 Å². The Labute approximate surface area is 231 Å². The Morgan fingerprint density at radius 3 is 2.63 bits per heavy atom. The van der Waals surface area contributed by atoms with Crippen LogP contribution >= 0.6 is 23.2 Å². The summed E-state index contributed by atoms with van der Waals surface area (Å²) in [5.74, 6) is -0.219. The van der Waals surface area contributed by atoms with E-state index in [1.54, 1.807) is 30.0 Å². The van der Waals surface area contributed by atoms with E-state index >= 15 is 0 Å². The number of hydrogen-bond donors (Lipinski definition) is 2. The summed E-state index contributed by atoms with van der Waals surface area (Å²) in [5.41, 5.74) is 11.2.